The van der Waals surface area contributed by atoms with Crippen molar-refractivity contribution in [2.75, 3.05) is 20.3 Å². The Bertz CT molecular complexity index is 347. The molecular formula is C15H23NO2. The molecular weight excluding hydrogens is 226 g/mol. The fourth-order valence-electron chi connectivity index (χ4n) is 2.12. The van der Waals surface area contributed by atoms with Crippen LogP contribution in [0, 0.1) is 0 Å². The molecule has 0 radical (unpaired) electrons. The normalized spacial score (nSPS) is 10.7. The zero-order chi connectivity index (χ0) is 13.4. The van der Waals surface area contributed by atoms with Gasteiger partial charge in [-0.2, -0.15) is 0 Å². The summed E-state index contributed by atoms with van der Waals surface area (Å²) in [5.74, 6) is 0.0985. The second-order valence-electron chi connectivity index (χ2n) is 4.33. The molecule has 1 rings (SSSR count). The van der Waals surface area contributed by atoms with Crippen LogP contribution in [-0.4, -0.2) is 37.1 Å². The van der Waals surface area contributed by atoms with Gasteiger partial charge in [0.05, 0.1) is 6.61 Å². The van der Waals surface area contributed by atoms with Gasteiger partial charge in [0.25, 0.3) is 5.91 Å². The van der Waals surface area contributed by atoms with Crippen LogP contribution < -0.4 is 0 Å². The third kappa shape index (κ3) is 3.84. The monoisotopic (exact) mass is 249 g/mol. The first kappa shape index (κ1) is 14.7. The maximum Gasteiger partial charge on any atom is 0.254 e. The fraction of sp³-hybridized carbons (Fsp3) is 0.533. The van der Waals surface area contributed by atoms with Crippen LogP contribution in [0.1, 0.15) is 37.0 Å². The van der Waals surface area contributed by atoms with Crippen LogP contribution in [0.5, 0.6) is 0 Å². The molecule has 0 bridgehead atoms. The Morgan fingerprint density at radius 3 is 2.33 bits per heavy atom. The molecule has 0 saturated carbocycles. The summed E-state index contributed by atoms with van der Waals surface area (Å²) in [6.45, 7) is 5.46. The number of carbonyl (C=O) groups is 1. The lowest BCUT2D eigenvalue weighted by molar-refractivity contribution is 0.0589. The van der Waals surface area contributed by atoms with E-state index in [1.807, 2.05) is 35.2 Å². The molecule has 100 valence electrons. The minimum atomic E-state index is 0.0985. The summed E-state index contributed by atoms with van der Waals surface area (Å²) < 4.78 is 5.10. The number of hydrogen-bond donors (Lipinski definition) is 0. The molecule has 0 N–H and O–H groups in total. The summed E-state index contributed by atoms with van der Waals surface area (Å²) in [5.41, 5.74) is 0.750. The van der Waals surface area contributed by atoms with E-state index >= 15 is 0 Å². The summed E-state index contributed by atoms with van der Waals surface area (Å²) in [4.78, 5) is 14.4. The Morgan fingerprint density at radius 1 is 1.22 bits per heavy atom. The minimum absolute atomic E-state index is 0.0985. The third-order valence-electron chi connectivity index (χ3n) is 3.20. The van der Waals surface area contributed by atoms with Crippen molar-refractivity contribution in [2.24, 2.45) is 0 Å². The molecule has 0 aromatic heterocycles. The lowest BCUT2D eigenvalue weighted by Crippen LogP contribution is -2.41. The third-order valence-corrected chi connectivity index (χ3v) is 3.20. The van der Waals surface area contributed by atoms with Gasteiger partial charge in [-0.15, -0.1) is 0 Å². The molecule has 1 aromatic carbocycles. The SMILES string of the molecule is CCC(CC)N(CCOC)C(=O)c1ccccc1. The Balaban J connectivity index is 2.85. The van der Waals surface area contributed by atoms with Gasteiger partial charge in [-0.3, -0.25) is 4.79 Å². The highest BCUT2D eigenvalue weighted by atomic mass is 16.5. The topological polar surface area (TPSA) is 29.5 Å². The van der Waals surface area contributed by atoms with Crippen molar-refractivity contribution in [1.29, 1.82) is 0 Å². The highest BCUT2D eigenvalue weighted by Gasteiger charge is 2.21. The van der Waals surface area contributed by atoms with Gasteiger partial charge in [-0.05, 0) is 25.0 Å². The first-order chi connectivity index (χ1) is 8.74. The van der Waals surface area contributed by atoms with Crippen molar-refractivity contribution < 1.29 is 9.53 Å². The number of nitrogens with zero attached hydrogens (tertiary/aromatic N) is 1. The van der Waals surface area contributed by atoms with E-state index in [1.54, 1.807) is 7.11 Å². The molecule has 0 aliphatic carbocycles. The zero-order valence-electron chi connectivity index (χ0n) is 11.6. The predicted molar refractivity (Wildman–Crippen MR) is 73.7 cm³/mol. The minimum Gasteiger partial charge on any atom is -0.383 e. The van der Waals surface area contributed by atoms with Crippen molar-refractivity contribution in [3.05, 3.63) is 35.9 Å². The predicted octanol–water partition coefficient (Wildman–Crippen LogP) is 2.96. The maximum atomic E-state index is 12.5. The standard InChI is InChI=1S/C15H23NO2/c1-4-14(5-2)16(11-12-18-3)15(17)13-9-7-6-8-10-13/h6-10,14H,4-5,11-12H2,1-3H3. The van der Waals surface area contributed by atoms with Crippen molar-refractivity contribution in [2.45, 2.75) is 32.7 Å². The first-order valence-electron chi connectivity index (χ1n) is 6.59. The van der Waals surface area contributed by atoms with Crippen LogP contribution in [0.15, 0.2) is 30.3 Å². The molecule has 0 atom stereocenters. The quantitative estimate of drug-likeness (QED) is 0.743. The van der Waals surface area contributed by atoms with Crippen LogP contribution in [0.3, 0.4) is 0 Å². The highest BCUT2D eigenvalue weighted by molar-refractivity contribution is 5.94. The van der Waals surface area contributed by atoms with Crippen molar-refractivity contribution in [3.8, 4) is 0 Å². The molecule has 0 aliphatic heterocycles. The van der Waals surface area contributed by atoms with Crippen LogP contribution in [0.4, 0.5) is 0 Å². The Labute approximate surface area is 110 Å². The van der Waals surface area contributed by atoms with Gasteiger partial charge in [0.15, 0.2) is 0 Å². The van der Waals surface area contributed by atoms with Crippen molar-refractivity contribution in [1.82, 2.24) is 4.90 Å². The van der Waals surface area contributed by atoms with Crippen LogP contribution in [-0.2, 0) is 4.74 Å². The molecule has 3 nitrogen and oxygen atoms in total. The van der Waals surface area contributed by atoms with E-state index in [0.717, 1.165) is 18.4 Å². The fourth-order valence-corrected chi connectivity index (χ4v) is 2.12. The Hall–Kier alpha value is -1.35. The number of methoxy groups -OCH3 is 1. The molecule has 0 saturated heterocycles. The first-order valence-corrected chi connectivity index (χ1v) is 6.59. The summed E-state index contributed by atoms with van der Waals surface area (Å²) in [5, 5.41) is 0. The number of carbonyl (C=O) groups excluding carboxylic acids is 1. The van der Waals surface area contributed by atoms with Gasteiger partial charge >= 0.3 is 0 Å². The van der Waals surface area contributed by atoms with Gasteiger partial charge in [0.1, 0.15) is 0 Å². The van der Waals surface area contributed by atoms with E-state index in [0.29, 0.717) is 13.2 Å². The van der Waals surface area contributed by atoms with Crippen LogP contribution in [0.25, 0.3) is 0 Å². The highest BCUT2D eigenvalue weighted by Crippen LogP contribution is 2.13. The second kappa shape index (κ2) is 7.88. The average molecular weight is 249 g/mol. The lowest BCUT2D eigenvalue weighted by Gasteiger charge is -2.30. The molecule has 0 fully saturated rings. The molecule has 18 heavy (non-hydrogen) atoms. The average Bonchev–Trinajstić information content (AvgIpc) is 2.43. The number of rotatable bonds is 7. The molecule has 0 unspecified atom stereocenters. The van der Waals surface area contributed by atoms with E-state index in [1.165, 1.54) is 0 Å². The van der Waals surface area contributed by atoms with Gasteiger partial charge in [0, 0.05) is 25.3 Å². The molecule has 0 aliphatic rings. The molecule has 3 heteroatoms. The van der Waals surface area contributed by atoms with E-state index < -0.39 is 0 Å². The van der Waals surface area contributed by atoms with E-state index in [-0.39, 0.29) is 11.9 Å². The molecule has 0 heterocycles. The maximum absolute atomic E-state index is 12.5. The lowest BCUT2D eigenvalue weighted by atomic mass is 10.1. The summed E-state index contributed by atoms with van der Waals surface area (Å²) in [6, 6.07) is 9.74. The van der Waals surface area contributed by atoms with Gasteiger partial charge in [0.2, 0.25) is 0 Å². The van der Waals surface area contributed by atoms with Gasteiger partial charge < -0.3 is 9.64 Å². The van der Waals surface area contributed by atoms with E-state index in [4.69, 9.17) is 4.74 Å². The smallest absolute Gasteiger partial charge is 0.254 e. The van der Waals surface area contributed by atoms with Crippen molar-refractivity contribution in [3.63, 3.8) is 0 Å². The van der Waals surface area contributed by atoms with Gasteiger partial charge in [-0.1, -0.05) is 32.0 Å². The number of amides is 1. The van der Waals surface area contributed by atoms with Gasteiger partial charge in [-0.25, -0.2) is 0 Å². The number of benzene rings is 1. The largest absolute Gasteiger partial charge is 0.383 e. The molecule has 1 aromatic rings. The summed E-state index contributed by atoms with van der Waals surface area (Å²) >= 11 is 0. The van der Waals surface area contributed by atoms with Crippen LogP contribution in [0.2, 0.25) is 0 Å². The zero-order valence-corrected chi connectivity index (χ0v) is 11.6. The number of ether oxygens (including phenoxy) is 1. The number of hydrogen-bond acceptors (Lipinski definition) is 2. The molecule has 1 amide bonds. The van der Waals surface area contributed by atoms with Crippen LogP contribution >= 0.6 is 0 Å². The second-order valence-corrected chi connectivity index (χ2v) is 4.33. The van der Waals surface area contributed by atoms with E-state index in [2.05, 4.69) is 13.8 Å². The Kier molecular flexibility index (Phi) is 6.44. The Morgan fingerprint density at radius 2 is 1.83 bits per heavy atom. The van der Waals surface area contributed by atoms with Crippen molar-refractivity contribution >= 4 is 5.91 Å². The van der Waals surface area contributed by atoms with E-state index in [9.17, 15) is 4.79 Å². The summed E-state index contributed by atoms with van der Waals surface area (Å²) in [6.07, 6.45) is 1.94. The summed E-state index contributed by atoms with van der Waals surface area (Å²) in [7, 11) is 1.66. The molecule has 0 spiro atoms.